The molecule has 0 saturated heterocycles. The zero-order valence-electron chi connectivity index (χ0n) is 10.1. The van der Waals surface area contributed by atoms with Crippen molar-refractivity contribution >= 4 is 40.0 Å². The average molecular weight is 378 g/mol. The minimum atomic E-state index is 0.590. The van der Waals surface area contributed by atoms with Gasteiger partial charge in [0.2, 0.25) is 0 Å². The summed E-state index contributed by atoms with van der Waals surface area (Å²) < 4.78 is 7.88. The zero-order valence-corrected chi connectivity index (χ0v) is 13.0. The maximum Gasteiger partial charge on any atom is 0.137 e. The summed E-state index contributed by atoms with van der Waals surface area (Å²) in [6.07, 6.45) is 0. The lowest BCUT2D eigenvalue weighted by molar-refractivity contribution is 0.415. The van der Waals surface area contributed by atoms with Crippen LogP contribution in [0, 0.1) is 10.5 Å². The standard InChI is InChI=1S/C12H13ClIN3O/c1-7-11(14)12(15)17(16-7)6-8-3-4-10(18-2)9(13)5-8/h3-5H,6,15H2,1-2H3. The van der Waals surface area contributed by atoms with Gasteiger partial charge in [0, 0.05) is 0 Å². The second-order valence-corrected chi connectivity index (χ2v) is 5.40. The van der Waals surface area contributed by atoms with E-state index in [1.165, 1.54) is 0 Å². The molecule has 0 spiro atoms. The highest BCUT2D eigenvalue weighted by molar-refractivity contribution is 14.1. The largest absolute Gasteiger partial charge is 0.495 e. The van der Waals surface area contributed by atoms with E-state index < -0.39 is 0 Å². The molecule has 2 rings (SSSR count). The second kappa shape index (κ2) is 5.36. The SMILES string of the molecule is COc1ccc(Cn2nc(C)c(I)c2N)cc1Cl. The third kappa shape index (κ3) is 2.56. The Morgan fingerprint density at radius 1 is 1.50 bits per heavy atom. The van der Waals surface area contributed by atoms with Gasteiger partial charge in [0.05, 0.1) is 27.9 Å². The van der Waals surface area contributed by atoms with E-state index in [1.54, 1.807) is 11.8 Å². The molecule has 0 aliphatic carbocycles. The van der Waals surface area contributed by atoms with E-state index in [0.29, 0.717) is 23.1 Å². The number of nitrogens with two attached hydrogens (primary N) is 1. The van der Waals surface area contributed by atoms with Crippen LogP contribution in [0.5, 0.6) is 5.75 Å². The molecule has 0 fully saturated rings. The lowest BCUT2D eigenvalue weighted by atomic mass is 10.2. The van der Waals surface area contributed by atoms with E-state index in [2.05, 4.69) is 27.7 Å². The molecular formula is C12H13ClIN3O. The van der Waals surface area contributed by atoms with Gasteiger partial charge < -0.3 is 10.5 Å². The number of ether oxygens (including phenoxy) is 1. The van der Waals surface area contributed by atoms with Crippen molar-refractivity contribution in [1.82, 2.24) is 9.78 Å². The summed E-state index contributed by atoms with van der Waals surface area (Å²) in [5.74, 6) is 1.35. The van der Waals surface area contributed by atoms with Crippen molar-refractivity contribution in [2.24, 2.45) is 0 Å². The van der Waals surface area contributed by atoms with E-state index in [9.17, 15) is 0 Å². The Kier molecular flexibility index (Phi) is 4.01. The minimum Gasteiger partial charge on any atom is -0.495 e. The van der Waals surface area contributed by atoms with Crippen LogP contribution in [-0.2, 0) is 6.54 Å². The number of halogens is 2. The van der Waals surface area contributed by atoms with Gasteiger partial charge in [0.15, 0.2) is 0 Å². The number of benzene rings is 1. The highest BCUT2D eigenvalue weighted by Crippen LogP contribution is 2.26. The molecule has 0 bridgehead atoms. The van der Waals surface area contributed by atoms with Crippen molar-refractivity contribution in [2.75, 3.05) is 12.8 Å². The van der Waals surface area contributed by atoms with E-state index in [1.807, 2.05) is 25.1 Å². The quantitative estimate of drug-likeness (QED) is 0.836. The number of nitrogen functional groups attached to an aromatic ring is 1. The van der Waals surface area contributed by atoms with Crippen LogP contribution in [0.4, 0.5) is 5.82 Å². The van der Waals surface area contributed by atoms with E-state index >= 15 is 0 Å². The number of nitrogens with zero attached hydrogens (tertiary/aromatic N) is 2. The van der Waals surface area contributed by atoms with Gasteiger partial charge in [-0.2, -0.15) is 5.10 Å². The Labute approximate surface area is 124 Å². The Hall–Kier alpha value is -0.950. The normalized spacial score (nSPS) is 10.7. The van der Waals surface area contributed by atoms with Crippen LogP contribution >= 0.6 is 34.2 Å². The van der Waals surface area contributed by atoms with E-state index in [4.69, 9.17) is 22.1 Å². The molecule has 0 aliphatic heterocycles. The summed E-state index contributed by atoms with van der Waals surface area (Å²) in [6.45, 7) is 2.54. The van der Waals surface area contributed by atoms with Gasteiger partial charge in [-0.05, 0) is 47.2 Å². The Morgan fingerprint density at radius 3 is 2.72 bits per heavy atom. The molecular weight excluding hydrogens is 365 g/mol. The lowest BCUT2D eigenvalue weighted by Crippen LogP contribution is -2.06. The van der Waals surface area contributed by atoms with Gasteiger partial charge in [-0.3, -0.25) is 0 Å². The van der Waals surface area contributed by atoms with Crippen molar-refractivity contribution in [1.29, 1.82) is 0 Å². The summed E-state index contributed by atoms with van der Waals surface area (Å²) in [5.41, 5.74) is 7.95. The molecule has 1 heterocycles. The first kappa shape index (κ1) is 13.5. The summed E-state index contributed by atoms with van der Waals surface area (Å²) in [5, 5.41) is 4.98. The van der Waals surface area contributed by atoms with Crippen LogP contribution in [0.1, 0.15) is 11.3 Å². The van der Waals surface area contributed by atoms with E-state index in [0.717, 1.165) is 14.8 Å². The fraction of sp³-hybridized carbons (Fsp3) is 0.250. The first-order chi connectivity index (χ1) is 8.52. The topological polar surface area (TPSA) is 53.1 Å². The fourth-order valence-electron chi connectivity index (χ4n) is 1.68. The van der Waals surface area contributed by atoms with Crippen LogP contribution in [0.15, 0.2) is 18.2 Å². The van der Waals surface area contributed by atoms with Gasteiger partial charge in [0.25, 0.3) is 0 Å². The maximum atomic E-state index is 6.08. The number of hydrogen-bond donors (Lipinski definition) is 1. The molecule has 0 radical (unpaired) electrons. The predicted octanol–water partition coefficient (Wildman–Crippen LogP) is 3.09. The Morgan fingerprint density at radius 2 is 2.22 bits per heavy atom. The molecule has 0 amide bonds. The number of rotatable bonds is 3. The second-order valence-electron chi connectivity index (χ2n) is 3.91. The van der Waals surface area contributed by atoms with Gasteiger partial charge in [-0.1, -0.05) is 17.7 Å². The third-order valence-corrected chi connectivity index (χ3v) is 4.27. The molecule has 0 aliphatic rings. The van der Waals surface area contributed by atoms with Crippen LogP contribution < -0.4 is 10.5 Å². The molecule has 6 heteroatoms. The predicted molar refractivity (Wildman–Crippen MR) is 81.2 cm³/mol. The lowest BCUT2D eigenvalue weighted by Gasteiger charge is -2.07. The van der Waals surface area contributed by atoms with Crippen molar-refractivity contribution < 1.29 is 4.74 Å². The summed E-state index contributed by atoms with van der Waals surface area (Å²) in [7, 11) is 1.60. The molecule has 2 aromatic rings. The molecule has 96 valence electrons. The molecule has 2 N–H and O–H groups in total. The Balaban J connectivity index is 2.28. The van der Waals surface area contributed by atoms with Gasteiger partial charge >= 0.3 is 0 Å². The molecule has 4 nitrogen and oxygen atoms in total. The third-order valence-electron chi connectivity index (χ3n) is 2.64. The first-order valence-corrected chi connectivity index (χ1v) is 6.79. The number of aryl methyl sites for hydroxylation is 1. The summed E-state index contributed by atoms with van der Waals surface area (Å²) in [6, 6.07) is 5.66. The van der Waals surface area contributed by atoms with Crippen LogP contribution in [-0.4, -0.2) is 16.9 Å². The molecule has 1 aromatic carbocycles. The maximum absolute atomic E-state index is 6.08. The van der Waals surface area contributed by atoms with Crippen molar-refractivity contribution in [3.05, 3.63) is 38.0 Å². The number of hydrogen-bond acceptors (Lipinski definition) is 3. The average Bonchev–Trinajstić information content (AvgIpc) is 2.57. The number of anilines is 1. The van der Waals surface area contributed by atoms with Crippen molar-refractivity contribution in [3.8, 4) is 5.75 Å². The molecule has 1 aromatic heterocycles. The van der Waals surface area contributed by atoms with Crippen molar-refractivity contribution in [2.45, 2.75) is 13.5 Å². The van der Waals surface area contributed by atoms with Crippen LogP contribution in [0.2, 0.25) is 5.02 Å². The van der Waals surface area contributed by atoms with Crippen LogP contribution in [0.3, 0.4) is 0 Å². The highest BCUT2D eigenvalue weighted by Gasteiger charge is 2.10. The zero-order chi connectivity index (χ0) is 13.3. The van der Waals surface area contributed by atoms with Gasteiger partial charge in [0.1, 0.15) is 11.6 Å². The fourth-order valence-corrected chi connectivity index (χ4v) is 2.35. The molecule has 0 atom stereocenters. The molecule has 18 heavy (non-hydrogen) atoms. The van der Waals surface area contributed by atoms with E-state index in [-0.39, 0.29) is 0 Å². The highest BCUT2D eigenvalue weighted by atomic mass is 127. The Bertz CT molecular complexity index is 583. The summed E-state index contributed by atoms with van der Waals surface area (Å²) in [4.78, 5) is 0. The van der Waals surface area contributed by atoms with Crippen molar-refractivity contribution in [3.63, 3.8) is 0 Å². The smallest absolute Gasteiger partial charge is 0.137 e. The molecule has 0 saturated carbocycles. The number of aromatic nitrogens is 2. The first-order valence-electron chi connectivity index (χ1n) is 5.33. The summed E-state index contributed by atoms with van der Waals surface area (Å²) >= 11 is 8.28. The molecule has 0 unspecified atom stereocenters. The van der Waals surface area contributed by atoms with Crippen LogP contribution in [0.25, 0.3) is 0 Å². The monoisotopic (exact) mass is 377 g/mol. The van der Waals surface area contributed by atoms with Gasteiger partial charge in [-0.25, -0.2) is 4.68 Å². The van der Waals surface area contributed by atoms with Gasteiger partial charge in [-0.15, -0.1) is 0 Å². The number of methoxy groups -OCH3 is 1. The minimum absolute atomic E-state index is 0.590.